The van der Waals surface area contributed by atoms with Crippen LogP contribution in [-0.4, -0.2) is 25.7 Å². The van der Waals surface area contributed by atoms with Gasteiger partial charge in [-0.2, -0.15) is 0 Å². The molecule has 0 aromatic heterocycles. The van der Waals surface area contributed by atoms with Crippen LogP contribution in [0.5, 0.6) is 17.2 Å². The lowest BCUT2D eigenvalue weighted by atomic mass is 10.1. The number of methoxy groups -OCH3 is 1. The summed E-state index contributed by atoms with van der Waals surface area (Å²) in [5.41, 5.74) is 1.07. The highest BCUT2D eigenvalue weighted by Gasteiger charge is 2.17. The molecule has 0 spiro atoms. The van der Waals surface area contributed by atoms with E-state index in [0.717, 1.165) is 0 Å². The van der Waals surface area contributed by atoms with Gasteiger partial charge in [-0.05, 0) is 61.0 Å². The lowest BCUT2D eigenvalue weighted by Gasteiger charge is -2.16. The van der Waals surface area contributed by atoms with Gasteiger partial charge in [-0.1, -0.05) is 12.1 Å². The molecule has 6 heteroatoms. The predicted octanol–water partition coefficient (Wildman–Crippen LogP) is 4.90. The first kappa shape index (κ1) is 19.1. The molecule has 0 bridgehead atoms. The molecule has 5 nitrogen and oxygen atoms in total. The average molecular weight is 408 g/mol. The van der Waals surface area contributed by atoms with E-state index in [-0.39, 0.29) is 12.0 Å². The van der Waals surface area contributed by atoms with Gasteiger partial charge in [-0.3, -0.25) is 4.79 Å². The van der Waals surface area contributed by atoms with Crippen LogP contribution in [0.3, 0.4) is 0 Å². The highest BCUT2D eigenvalue weighted by Crippen LogP contribution is 2.37. The highest BCUT2D eigenvalue weighted by atomic mass is 79.9. The van der Waals surface area contributed by atoms with Crippen LogP contribution < -0.4 is 19.5 Å². The Balaban J connectivity index is 2.29. The number of carbonyl (C=O) groups is 1. The molecule has 2 aromatic rings. The van der Waals surface area contributed by atoms with Crippen molar-refractivity contribution in [3.05, 3.63) is 46.4 Å². The number of amides is 1. The van der Waals surface area contributed by atoms with Gasteiger partial charge in [0.2, 0.25) is 0 Å². The van der Waals surface area contributed by atoms with Crippen LogP contribution in [0.25, 0.3) is 0 Å². The van der Waals surface area contributed by atoms with Gasteiger partial charge in [0.1, 0.15) is 5.75 Å². The minimum atomic E-state index is -0.262. The first-order chi connectivity index (χ1) is 12.0. The van der Waals surface area contributed by atoms with E-state index in [1.54, 1.807) is 18.2 Å². The molecule has 0 aliphatic heterocycles. The minimum absolute atomic E-state index is 0.0118. The van der Waals surface area contributed by atoms with Crippen molar-refractivity contribution in [1.29, 1.82) is 0 Å². The second-order valence-electron chi connectivity index (χ2n) is 5.54. The molecule has 0 unspecified atom stereocenters. The number of hydrogen-bond acceptors (Lipinski definition) is 4. The Labute approximate surface area is 156 Å². The van der Waals surface area contributed by atoms with Crippen molar-refractivity contribution in [2.75, 3.05) is 19.0 Å². The zero-order chi connectivity index (χ0) is 18.4. The van der Waals surface area contributed by atoms with E-state index in [0.29, 0.717) is 39.6 Å². The Morgan fingerprint density at radius 1 is 1.20 bits per heavy atom. The molecule has 0 fully saturated rings. The Hall–Kier alpha value is -2.21. The molecule has 25 heavy (non-hydrogen) atoms. The predicted molar refractivity (Wildman–Crippen MR) is 102 cm³/mol. The van der Waals surface area contributed by atoms with Crippen molar-refractivity contribution >= 4 is 27.5 Å². The van der Waals surface area contributed by atoms with Gasteiger partial charge in [0.05, 0.1) is 30.0 Å². The molecule has 134 valence electrons. The highest BCUT2D eigenvalue weighted by molar-refractivity contribution is 9.10. The Morgan fingerprint density at radius 3 is 2.56 bits per heavy atom. The van der Waals surface area contributed by atoms with Crippen molar-refractivity contribution < 1.29 is 19.0 Å². The quantitative estimate of drug-likeness (QED) is 0.709. The Bertz CT molecular complexity index is 746. The maximum atomic E-state index is 12.7. The average Bonchev–Trinajstić information content (AvgIpc) is 2.57. The largest absolute Gasteiger partial charge is 0.493 e. The van der Waals surface area contributed by atoms with E-state index >= 15 is 0 Å². The lowest BCUT2D eigenvalue weighted by Crippen LogP contribution is -2.15. The molecule has 1 amide bonds. The van der Waals surface area contributed by atoms with E-state index in [1.165, 1.54) is 7.11 Å². The zero-order valence-corrected chi connectivity index (χ0v) is 16.3. The molecule has 2 aromatic carbocycles. The van der Waals surface area contributed by atoms with Gasteiger partial charge < -0.3 is 19.5 Å². The van der Waals surface area contributed by atoms with Crippen molar-refractivity contribution in [2.45, 2.75) is 26.9 Å². The van der Waals surface area contributed by atoms with Gasteiger partial charge in [0.15, 0.2) is 11.5 Å². The number of anilines is 1. The number of hydrogen-bond donors (Lipinski definition) is 1. The summed E-state index contributed by atoms with van der Waals surface area (Å²) in [5.74, 6) is 1.43. The number of nitrogens with one attached hydrogen (secondary N) is 1. The molecule has 1 N–H and O–H groups in total. The maximum Gasteiger partial charge on any atom is 0.255 e. The monoisotopic (exact) mass is 407 g/mol. The van der Waals surface area contributed by atoms with E-state index in [4.69, 9.17) is 14.2 Å². The molecule has 0 heterocycles. The summed E-state index contributed by atoms with van der Waals surface area (Å²) in [6.45, 7) is 6.26. The third-order valence-corrected chi connectivity index (χ3v) is 3.87. The summed E-state index contributed by atoms with van der Waals surface area (Å²) in [7, 11) is 1.54. The van der Waals surface area contributed by atoms with E-state index < -0.39 is 0 Å². The molecule has 0 saturated carbocycles. The summed E-state index contributed by atoms with van der Waals surface area (Å²) < 4.78 is 17.3. The van der Waals surface area contributed by atoms with Gasteiger partial charge in [-0.15, -0.1) is 0 Å². The third kappa shape index (κ3) is 4.89. The molecule has 0 atom stereocenters. The van der Waals surface area contributed by atoms with Crippen LogP contribution in [0, 0.1) is 0 Å². The van der Waals surface area contributed by atoms with Crippen molar-refractivity contribution in [2.24, 2.45) is 0 Å². The topological polar surface area (TPSA) is 56.8 Å². The number of carbonyl (C=O) groups excluding carboxylic acids is 1. The summed E-state index contributed by atoms with van der Waals surface area (Å²) in [6.07, 6.45) is 0.0118. The second kappa shape index (κ2) is 8.76. The van der Waals surface area contributed by atoms with E-state index in [9.17, 15) is 4.79 Å². The normalized spacial score (nSPS) is 10.5. The van der Waals surface area contributed by atoms with Crippen LogP contribution in [0.15, 0.2) is 40.9 Å². The number of rotatable bonds is 7. The number of benzene rings is 2. The van der Waals surface area contributed by atoms with Crippen LogP contribution in [0.1, 0.15) is 31.1 Å². The van der Waals surface area contributed by atoms with Crippen LogP contribution in [-0.2, 0) is 0 Å². The second-order valence-corrected chi connectivity index (χ2v) is 6.39. The summed E-state index contributed by atoms with van der Waals surface area (Å²) in [4.78, 5) is 12.7. The van der Waals surface area contributed by atoms with Crippen molar-refractivity contribution in [1.82, 2.24) is 0 Å². The lowest BCUT2D eigenvalue weighted by molar-refractivity contribution is 0.102. The smallest absolute Gasteiger partial charge is 0.255 e. The molecular weight excluding hydrogens is 386 g/mol. The first-order valence-corrected chi connectivity index (χ1v) is 8.82. The third-order valence-electron chi connectivity index (χ3n) is 3.28. The number of para-hydroxylation sites is 2. The number of ether oxygens (including phenoxy) is 3. The summed E-state index contributed by atoms with van der Waals surface area (Å²) in [6, 6.07) is 10.7. The fraction of sp³-hybridized carbons (Fsp3) is 0.316. The summed E-state index contributed by atoms with van der Waals surface area (Å²) in [5, 5.41) is 2.88. The van der Waals surface area contributed by atoms with E-state index in [1.807, 2.05) is 39.0 Å². The van der Waals surface area contributed by atoms with Gasteiger partial charge in [0, 0.05) is 5.56 Å². The van der Waals surface area contributed by atoms with Crippen molar-refractivity contribution in [3.8, 4) is 17.2 Å². The zero-order valence-electron chi connectivity index (χ0n) is 14.8. The van der Waals surface area contributed by atoms with Gasteiger partial charge in [0.25, 0.3) is 5.91 Å². The molecule has 2 rings (SSSR count). The first-order valence-electron chi connectivity index (χ1n) is 8.03. The minimum Gasteiger partial charge on any atom is -0.493 e. The number of halogens is 1. The van der Waals surface area contributed by atoms with Crippen LogP contribution >= 0.6 is 15.9 Å². The molecule has 0 aliphatic rings. The van der Waals surface area contributed by atoms with Gasteiger partial charge in [-0.25, -0.2) is 0 Å². The Kier molecular flexibility index (Phi) is 6.70. The maximum absolute atomic E-state index is 12.7. The van der Waals surface area contributed by atoms with E-state index in [2.05, 4.69) is 21.2 Å². The summed E-state index contributed by atoms with van der Waals surface area (Å²) >= 11 is 3.43. The molecule has 0 radical (unpaired) electrons. The van der Waals surface area contributed by atoms with Gasteiger partial charge >= 0.3 is 0 Å². The van der Waals surface area contributed by atoms with Crippen molar-refractivity contribution in [3.63, 3.8) is 0 Å². The van der Waals surface area contributed by atoms with Crippen LogP contribution in [0.4, 0.5) is 5.69 Å². The fourth-order valence-corrected chi connectivity index (χ4v) is 2.81. The standard InChI is InChI=1S/C19H22BrNO4/c1-5-24-18-14(20)10-13(11-17(18)23-4)19(22)21-15-8-6-7-9-16(15)25-12(2)3/h6-12H,5H2,1-4H3,(H,21,22). The SMILES string of the molecule is CCOc1c(Br)cc(C(=O)Nc2ccccc2OC(C)C)cc1OC. The Morgan fingerprint density at radius 2 is 1.92 bits per heavy atom. The molecule has 0 aliphatic carbocycles. The molecule has 0 saturated heterocycles. The fourth-order valence-electron chi connectivity index (χ4n) is 2.26. The molecular formula is C19H22BrNO4. The van der Waals surface area contributed by atoms with Crippen LogP contribution in [0.2, 0.25) is 0 Å².